The highest BCUT2D eigenvalue weighted by Gasteiger charge is 2.14. The summed E-state index contributed by atoms with van der Waals surface area (Å²) in [7, 11) is -2.88. The van der Waals surface area contributed by atoms with E-state index in [1.807, 2.05) is 12.1 Å². The first-order valence-corrected chi connectivity index (χ1v) is 11.5. The summed E-state index contributed by atoms with van der Waals surface area (Å²) in [6.45, 7) is 3.86. The van der Waals surface area contributed by atoms with E-state index in [1.165, 1.54) is 11.1 Å². The zero-order valence-corrected chi connectivity index (χ0v) is 17.1. The van der Waals surface area contributed by atoms with E-state index in [-0.39, 0.29) is 11.5 Å². The van der Waals surface area contributed by atoms with Crippen molar-refractivity contribution in [1.29, 1.82) is 0 Å². The zero-order valence-electron chi connectivity index (χ0n) is 16.3. The van der Waals surface area contributed by atoms with Crippen LogP contribution in [0, 0.1) is 0 Å². The molecule has 0 amide bonds. The van der Waals surface area contributed by atoms with Gasteiger partial charge in [-0.15, -0.1) is 0 Å². The van der Waals surface area contributed by atoms with E-state index in [9.17, 15) is 8.42 Å². The van der Waals surface area contributed by atoms with Gasteiger partial charge in [-0.05, 0) is 36.1 Å². The van der Waals surface area contributed by atoms with Crippen molar-refractivity contribution in [3.8, 4) is 0 Å². The van der Waals surface area contributed by atoms with Crippen LogP contribution in [0.2, 0.25) is 0 Å². The maximum atomic E-state index is 11.5. The summed E-state index contributed by atoms with van der Waals surface area (Å²) in [6.07, 6.45) is 1.48. The smallest absolute Gasteiger partial charge is 0.150 e. The van der Waals surface area contributed by atoms with E-state index >= 15 is 0 Å². The molecule has 6 nitrogen and oxygen atoms in total. The van der Waals surface area contributed by atoms with E-state index in [1.54, 1.807) is 11.9 Å². The van der Waals surface area contributed by atoms with Gasteiger partial charge >= 0.3 is 0 Å². The Morgan fingerprint density at radius 2 is 1.71 bits per heavy atom. The van der Waals surface area contributed by atoms with Gasteiger partial charge in [0.1, 0.15) is 15.7 Å². The third kappa shape index (κ3) is 5.56. The van der Waals surface area contributed by atoms with Gasteiger partial charge in [0.25, 0.3) is 0 Å². The number of nitrogens with one attached hydrogen (secondary N) is 1. The lowest BCUT2D eigenvalue weighted by Gasteiger charge is -2.13. The van der Waals surface area contributed by atoms with Gasteiger partial charge in [-0.3, -0.25) is 10.0 Å². The number of hydrogen-bond acceptors (Lipinski definition) is 6. The van der Waals surface area contributed by atoms with Crippen LogP contribution in [0.15, 0.2) is 53.5 Å². The summed E-state index contributed by atoms with van der Waals surface area (Å²) >= 11 is 0. The number of benzene rings is 2. The van der Waals surface area contributed by atoms with Crippen LogP contribution in [0.3, 0.4) is 0 Å². The standard InChI is InChI=1S/C21H28N4O2S/c1-2-28(26,27)15-3-12-23-20-10-6-18(7-11-20)16-17-4-8-19(9-5-17)21-24-13-14-25(21)22/h4-11,23H,2-3,12-16,22H2,1H3. The first-order chi connectivity index (χ1) is 13.5. The number of anilines is 1. The van der Waals surface area contributed by atoms with Crippen LogP contribution in [0.4, 0.5) is 5.69 Å². The van der Waals surface area contributed by atoms with Crippen molar-refractivity contribution in [2.24, 2.45) is 10.8 Å². The van der Waals surface area contributed by atoms with Crippen molar-refractivity contribution >= 4 is 21.4 Å². The van der Waals surface area contributed by atoms with Crippen molar-refractivity contribution < 1.29 is 8.42 Å². The molecule has 0 aromatic heterocycles. The Hall–Kier alpha value is -2.38. The number of hydrogen-bond donors (Lipinski definition) is 2. The Labute approximate surface area is 167 Å². The molecule has 0 atom stereocenters. The normalized spacial score (nSPS) is 14.2. The Bertz CT molecular complexity index is 906. The Morgan fingerprint density at radius 1 is 1.07 bits per heavy atom. The lowest BCUT2D eigenvalue weighted by atomic mass is 10.0. The van der Waals surface area contributed by atoms with Crippen LogP contribution in [0.5, 0.6) is 0 Å². The van der Waals surface area contributed by atoms with Crippen LogP contribution in [0.1, 0.15) is 30.0 Å². The van der Waals surface area contributed by atoms with Crippen molar-refractivity contribution in [2.45, 2.75) is 19.8 Å². The third-order valence-electron chi connectivity index (χ3n) is 4.85. The molecule has 7 heteroatoms. The van der Waals surface area contributed by atoms with Gasteiger partial charge in [-0.1, -0.05) is 43.3 Å². The fraction of sp³-hybridized carbons (Fsp3) is 0.381. The third-order valence-corrected chi connectivity index (χ3v) is 6.64. The largest absolute Gasteiger partial charge is 0.385 e. The maximum absolute atomic E-state index is 11.5. The van der Waals surface area contributed by atoms with Crippen LogP contribution in [0.25, 0.3) is 0 Å². The number of amidine groups is 1. The summed E-state index contributed by atoms with van der Waals surface area (Å²) in [4.78, 5) is 4.44. The number of aliphatic imine (C=N–C) groups is 1. The monoisotopic (exact) mass is 400 g/mol. The number of hydrazine groups is 1. The average Bonchev–Trinajstić information content (AvgIpc) is 3.13. The molecule has 0 radical (unpaired) electrons. The molecule has 3 N–H and O–H groups in total. The summed E-state index contributed by atoms with van der Waals surface area (Å²) in [5.74, 6) is 7.23. The van der Waals surface area contributed by atoms with E-state index in [0.29, 0.717) is 13.0 Å². The second-order valence-electron chi connectivity index (χ2n) is 6.99. The Kier molecular flexibility index (Phi) is 6.70. The Balaban J connectivity index is 1.50. The fourth-order valence-corrected chi connectivity index (χ4v) is 4.01. The number of rotatable bonds is 9. The van der Waals surface area contributed by atoms with Gasteiger partial charge in [0.15, 0.2) is 0 Å². The van der Waals surface area contributed by atoms with E-state index in [4.69, 9.17) is 5.84 Å². The molecule has 0 saturated carbocycles. The second-order valence-corrected chi connectivity index (χ2v) is 9.46. The number of nitrogens with zero attached hydrogens (tertiary/aromatic N) is 2. The molecule has 150 valence electrons. The van der Waals surface area contributed by atoms with Crippen LogP contribution >= 0.6 is 0 Å². The molecule has 0 aliphatic carbocycles. The van der Waals surface area contributed by atoms with Gasteiger partial charge in [0.05, 0.1) is 18.8 Å². The van der Waals surface area contributed by atoms with Crippen LogP contribution in [-0.4, -0.2) is 50.4 Å². The van der Waals surface area contributed by atoms with E-state index < -0.39 is 9.84 Å². The Morgan fingerprint density at radius 3 is 2.29 bits per heavy atom. The molecule has 0 spiro atoms. The molecule has 2 aromatic rings. The summed E-state index contributed by atoms with van der Waals surface area (Å²) in [5.41, 5.74) is 4.52. The van der Waals surface area contributed by atoms with Crippen molar-refractivity contribution in [3.05, 3.63) is 65.2 Å². The lowest BCUT2D eigenvalue weighted by molar-refractivity contribution is 0.484. The minimum atomic E-state index is -2.88. The first-order valence-electron chi connectivity index (χ1n) is 9.66. The minimum absolute atomic E-state index is 0.210. The molecular weight excluding hydrogens is 372 g/mol. The zero-order chi connectivity index (χ0) is 20.0. The molecule has 3 rings (SSSR count). The molecular formula is C21H28N4O2S. The summed E-state index contributed by atoms with van der Waals surface area (Å²) in [5, 5.41) is 4.97. The lowest BCUT2D eigenvalue weighted by Crippen LogP contribution is -2.34. The number of sulfone groups is 1. The molecule has 1 aliphatic rings. The van der Waals surface area contributed by atoms with Crippen LogP contribution < -0.4 is 11.2 Å². The molecule has 28 heavy (non-hydrogen) atoms. The van der Waals surface area contributed by atoms with Gasteiger partial charge in [0, 0.05) is 23.5 Å². The van der Waals surface area contributed by atoms with Gasteiger partial charge < -0.3 is 5.32 Å². The molecule has 0 saturated heterocycles. The minimum Gasteiger partial charge on any atom is -0.385 e. The van der Waals surface area contributed by atoms with Crippen molar-refractivity contribution in [3.63, 3.8) is 0 Å². The molecule has 2 aromatic carbocycles. The highest BCUT2D eigenvalue weighted by atomic mass is 32.2. The average molecular weight is 401 g/mol. The molecule has 0 unspecified atom stereocenters. The van der Waals surface area contributed by atoms with E-state index in [0.717, 1.165) is 36.6 Å². The SMILES string of the molecule is CCS(=O)(=O)CCCNc1ccc(Cc2ccc(C3=NCCN3N)cc2)cc1. The summed E-state index contributed by atoms with van der Waals surface area (Å²) < 4.78 is 23.0. The van der Waals surface area contributed by atoms with Gasteiger partial charge in [0.2, 0.25) is 0 Å². The highest BCUT2D eigenvalue weighted by Crippen LogP contribution is 2.16. The van der Waals surface area contributed by atoms with E-state index in [2.05, 4.69) is 46.7 Å². The topological polar surface area (TPSA) is 87.8 Å². The highest BCUT2D eigenvalue weighted by molar-refractivity contribution is 7.91. The molecule has 1 aliphatic heterocycles. The predicted octanol–water partition coefficient (Wildman–Crippen LogP) is 2.45. The van der Waals surface area contributed by atoms with Gasteiger partial charge in [-0.25, -0.2) is 14.3 Å². The second kappa shape index (κ2) is 9.21. The molecule has 0 bridgehead atoms. The first kappa shape index (κ1) is 20.4. The quantitative estimate of drug-likeness (QED) is 0.499. The predicted molar refractivity (Wildman–Crippen MR) is 115 cm³/mol. The summed E-state index contributed by atoms with van der Waals surface area (Å²) in [6, 6.07) is 16.6. The van der Waals surface area contributed by atoms with Crippen molar-refractivity contribution in [2.75, 3.05) is 36.5 Å². The molecule has 0 fully saturated rings. The van der Waals surface area contributed by atoms with Crippen molar-refractivity contribution in [1.82, 2.24) is 5.01 Å². The van der Waals surface area contributed by atoms with Crippen LogP contribution in [-0.2, 0) is 16.3 Å². The maximum Gasteiger partial charge on any atom is 0.150 e. The fourth-order valence-electron chi connectivity index (χ4n) is 3.13. The molecule has 1 heterocycles. The number of nitrogens with two attached hydrogens (primary N) is 1. The van der Waals surface area contributed by atoms with Gasteiger partial charge in [-0.2, -0.15) is 0 Å².